The van der Waals surface area contributed by atoms with Crippen LogP contribution >= 0.6 is 0 Å². The van der Waals surface area contributed by atoms with Gasteiger partial charge < -0.3 is 19.5 Å². The number of rotatable bonds is 5. The van der Waals surface area contributed by atoms with Gasteiger partial charge in [0.25, 0.3) is 11.6 Å². The summed E-state index contributed by atoms with van der Waals surface area (Å²) in [5.74, 6) is -0.479. The fourth-order valence-corrected chi connectivity index (χ4v) is 2.32. The second-order valence-corrected chi connectivity index (χ2v) is 5.47. The SMILES string of the molecule is Cc1ccc(NC(=O)COC(=O)c2ccc3c(c2)OCO3)c([N+](=O)[O-])c1. The molecule has 0 atom stereocenters. The number of ether oxygens (including phenoxy) is 3. The molecule has 0 saturated carbocycles. The number of nitrogens with one attached hydrogen (secondary N) is 1. The third-order valence-corrected chi connectivity index (χ3v) is 3.57. The van der Waals surface area contributed by atoms with Crippen LogP contribution in [0.25, 0.3) is 0 Å². The largest absolute Gasteiger partial charge is 0.454 e. The van der Waals surface area contributed by atoms with Gasteiger partial charge in [0.05, 0.1) is 10.5 Å². The quantitative estimate of drug-likeness (QED) is 0.495. The maximum atomic E-state index is 12.0. The normalized spacial score (nSPS) is 11.7. The van der Waals surface area contributed by atoms with Crippen molar-refractivity contribution in [1.82, 2.24) is 0 Å². The molecule has 1 N–H and O–H groups in total. The van der Waals surface area contributed by atoms with Gasteiger partial charge in [-0.3, -0.25) is 14.9 Å². The van der Waals surface area contributed by atoms with Crippen molar-refractivity contribution in [2.24, 2.45) is 0 Å². The number of esters is 1. The van der Waals surface area contributed by atoms with Gasteiger partial charge >= 0.3 is 5.97 Å². The van der Waals surface area contributed by atoms with Crippen LogP contribution in [0.2, 0.25) is 0 Å². The van der Waals surface area contributed by atoms with Crippen molar-refractivity contribution in [2.75, 3.05) is 18.7 Å². The highest BCUT2D eigenvalue weighted by Gasteiger charge is 2.19. The van der Waals surface area contributed by atoms with Crippen LogP contribution in [0.1, 0.15) is 15.9 Å². The molecule has 0 spiro atoms. The van der Waals surface area contributed by atoms with Crippen LogP contribution in [0.4, 0.5) is 11.4 Å². The second-order valence-electron chi connectivity index (χ2n) is 5.47. The van der Waals surface area contributed by atoms with Gasteiger partial charge in [-0.1, -0.05) is 6.07 Å². The number of nitro groups is 1. The first-order valence-electron chi connectivity index (χ1n) is 7.56. The summed E-state index contributed by atoms with van der Waals surface area (Å²) in [6.45, 7) is 1.19. The molecule has 1 amide bonds. The number of amides is 1. The molecule has 9 heteroatoms. The van der Waals surface area contributed by atoms with E-state index in [1.807, 2.05) is 0 Å². The Bertz CT molecular complexity index is 895. The summed E-state index contributed by atoms with van der Waals surface area (Å²) in [4.78, 5) is 34.4. The smallest absolute Gasteiger partial charge is 0.338 e. The van der Waals surface area contributed by atoms with Crippen molar-refractivity contribution in [2.45, 2.75) is 6.92 Å². The van der Waals surface area contributed by atoms with E-state index >= 15 is 0 Å². The molecule has 9 nitrogen and oxygen atoms in total. The average molecular weight is 358 g/mol. The maximum absolute atomic E-state index is 12.0. The fourth-order valence-electron chi connectivity index (χ4n) is 2.32. The Labute approximate surface area is 147 Å². The van der Waals surface area contributed by atoms with E-state index in [1.165, 1.54) is 24.3 Å². The Morgan fingerprint density at radius 1 is 1.19 bits per heavy atom. The highest BCUT2D eigenvalue weighted by Crippen LogP contribution is 2.32. The van der Waals surface area contributed by atoms with Crippen LogP contribution in [0.3, 0.4) is 0 Å². The first-order chi connectivity index (χ1) is 12.4. The third-order valence-electron chi connectivity index (χ3n) is 3.57. The van der Waals surface area contributed by atoms with Crippen molar-refractivity contribution in [3.8, 4) is 11.5 Å². The maximum Gasteiger partial charge on any atom is 0.338 e. The van der Waals surface area contributed by atoms with Crippen LogP contribution in [-0.4, -0.2) is 30.2 Å². The van der Waals surface area contributed by atoms with Gasteiger partial charge in [0.2, 0.25) is 6.79 Å². The Balaban J connectivity index is 1.61. The van der Waals surface area contributed by atoms with Crippen LogP contribution in [0.15, 0.2) is 36.4 Å². The Kier molecular flexibility index (Phi) is 4.70. The summed E-state index contributed by atoms with van der Waals surface area (Å²) >= 11 is 0. The van der Waals surface area contributed by atoms with Crippen molar-refractivity contribution >= 4 is 23.3 Å². The molecule has 1 aliphatic heterocycles. The molecule has 3 rings (SSSR count). The zero-order valence-corrected chi connectivity index (χ0v) is 13.7. The van der Waals surface area contributed by atoms with Gasteiger partial charge in [0.1, 0.15) is 5.69 Å². The second kappa shape index (κ2) is 7.09. The lowest BCUT2D eigenvalue weighted by atomic mass is 10.2. The van der Waals surface area contributed by atoms with Gasteiger partial charge in [-0.2, -0.15) is 0 Å². The lowest BCUT2D eigenvalue weighted by Gasteiger charge is -2.08. The molecule has 26 heavy (non-hydrogen) atoms. The van der Waals surface area contributed by atoms with Gasteiger partial charge in [-0.25, -0.2) is 4.79 Å². The molecule has 134 valence electrons. The molecule has 2 aromatic carbocycles. The number of anilines is 1. The number of nitrogens with zero attached hydrogens (tertiary/aromatic N) is 1. The number of carbonyl (C=O) groups is 2. The van der Waals surface area contributed by atoms with Crippen LogP contribution in [0, 0.1) is 17.0 Å². The summed E-state index contributed by atoms with van der Waals surface area (Å²) in [5.41, 5.74) is 0.678. The molecule has 0 unspecified atom stereocenters. The van der Waals surface area contributed by atoms with Crippen LogP contribution in [0.5, 0.6) is 11.5 Å². The Hall–Kier alpha value is -3.62. The molecule has 0 aromatic heterocycles. The van der Waals surface area contributed by atoms with E-state index in [-0.39, 0.29) is 23.7 Å². The van der Waals surface area contributed by atoms with E-state index in [0.717, 1.165) is 0 Å². The van der Waals surface area contributed by atoms with E-state index in [1.54, 1.807) is 19.1 Å². The minimum absolute atomic E-state index is 0.0322. The molecular formula is C17H14N2O7. The highest BCUT2D eigenvalue weighted by molar-refractivity contribution is 5.97. The number of hydrogen-bond donors (Lipinski definition) is 1. The minimum Gasteiger partial charge on any atom is -0.454 e. The average Bonchev–Trinajstić information content (AvgIpc) is 3.08. The topological polar surface area (TPSA) is 117 Å². The molecule has 2 aromatic rings. The number of fused-ring (bicyclic) bond motifs is 1. The van der Waals surface area contributed by atoms with Gasteiger partial charge in [-0.15, -0.1) is 0 Å². The van der Waals surface area contributed by atoms with Crippen molar-refractivity contribution in [1.29, 1.82) is 0 Å². The van der Waals surface area contributed by atoms with E-state index in [2.05, 4.69) is 5.32 Å². The number of aryl methyl sites for hydroxylation is 1. The van der Waals surface area contributed by atoms with Crippen molar-refractivity contribution < 1.29 is 28.7 Å². The third kappa shape index (κ3) is 3.72. The summed E-state index contributed by atoms with van der Waals surface area (Å²) < 4.78 is 15.2. The van der Waals surface area contributed by atoms with Crippen LogP contribution in [-0.2, 0) is 9.53 Å². The predicted octanol–water partition coefficient (Wildman–Crippen LogP) is 2.43. The summed E-state index contributed by atoms with van der Waals surface area (Å²) in [7, 11) is 0. The predicted molar refractivity (Wildman–Crippen MR) is 89.3 cm³/mol. The van der Waals surface area contributed by atoms with Crippen LogP contribution < -0.4 is 14.8 Å². The van der Waals surface area contributed by atoms with Crippen molar-refractivity contribution in [3.05, 3.63) is 57.6 Å². The molecule has 0 saturated heterocycles. The summed E-state index contributed by atoms with van der Waals surface area (Å²) in [5, 5.41) is 13.4. The molecule has 1 heterocycles. The van der Waals surface area contributed by atoms with Gasteiger partial charge in [0.15, 0.2) is 18.1 Å². The summed E-state index contributed by atoms with van der Waals surface area (Å²) in [6.07, 6.45) is 0. The lowest BCUT2D eigenvalue weighted by Crippen LogP contribution is -2.21. The zero-order chi connectivity index (χ0) is 18.7. The number of carbonyl (C=O) groups excluding carboxylic acids is 2. The Morgan fingerprint density at radius 3 is 2.73 bits per heavy atom. The fraction of sp³-hybridized carbons (Fsp3) is 0.176. The monoisotopic (exact) mass is 358 g/mol. The van der Waals surface area contributed by atoms with Gasteiger partial charge in [-0.05, 0) is 36.8 Å². The lowest BCUT2D eigenvalue weighted by molar-refractivity contribution is -0.384. The van der Waals surface area contributed by atoms with Gasteiger partial charge in [0, 0.05) is 6.07 Å². The highest BCUT2D eigenvalue weighted by atomic mass is 16.7. The molecule has 0 fully saturated rings. The first kappa shape index (κ1) is 17.2. The molecule has 0 aliphatic carbocycles. The van der Waals surface area contributed by atoms with E-state index < -0.39 is 23.4 Å². The molecule has 0 radical (unpaired) electrons. The molecular weight excluding hydrogens is 344 g/mol. The number of nitro benzene ring substituents is 1. The zero-order valence-electron chi connectivity index (χ0n) is 13.7. The first-order valence-corrected chi connectivity index (χ1v) is 7.56. The minimum atomic E-state index is -0.725. The van der Waals surface area contributed by atoms with E-state index in [9.17, 15) is 19.7 Å². The van der Waals surface area contributed by atoms with Crippen molar-refractivity contribution in [3.63, 3.8) is 0 Å². The number of hydrogen-bond acceptors (Lipinski definition) is 7. The molecule has 0 bridgehead atoms. The Morgan fingerprint density at radius 2 is 1.96 bits per heavy atom. The van der Waals surface area contributed by atoms with E-state index in [4.69, 9.17) is 14.2 Å². The summed E-state index contributed by atoms with van der Waals surface area (Å²) in [6, 6.07) is 8.89. The van der Waals surface area contributed by atoms with E-state index in [0.29, 0.717) is 17.1 Å². The number of benzene rings is 2. The molecule has 1 aliphatic rings. The standard InChI is InChI=1S/C17H14N2O7/c1-10-2-4-12(13(6-10)19(22)23)18-16(20)8-24-17(21)11-3-5-14-15(7-11)26-9-25-14/h2-7H,8-9H2,1H3,(H,18,20).